The van der Waals surface area contributed by atoms with Gasteiger partial charge in [-0.2, -0.15) is 19.8 Å². The second-order valence-electron chi connectivity index (χ2n) is 7.30. The Kier molecular flexibility index (Phi) is 20.7. The number of aliphatic carboxylic acids is 1. The molecular weight excluding hydrogens is 371 g/mol. The molecule has 0 saturated carbocycles. The van der Waals surface area contributed by atoms with Crippen LogP contribution >= 0.6 is 0 Å². The maximum absolute atomic E-state index is 9.89. The number of pyridine rings is 1. The number of aryl methyl sites for hydroxylation is 2. The number of aromatic nitrogens is 1. The molecule has 0 fully saturated rings. The summed E-state index contributed by atoms with van der Waals surface area (Å²) in [5.74, 6) is 0.0564. The van der Waals surface area contributed by atoms with E-state index in [1.165, 1.54) is 30.5 Å². The molecule has 0 spiro atoms. The summed E-state index contributed by atoms with van der Waals surface area (Å²) >= 11 is 0. The minimum absolute atomic E-state index is 0. The van der Waals surface area contributed by atoms with Crippen LogP contribution in [0.1, 0.15) is 71.1 Å². The first kappa shape index (κ1) is 31.2. The second kappa shape index (κ2) is 19.9. The van der Waals surface area contributed by atoms with E-state index in [0.717, 1.165) is 38.3 Å². The van der Waals surface area contributed by atoms with Gasteiger partial charge in [0.2, 0.25) is 0 Å². The monoisotopic (exact) mass is 412 g/mol. The van der Waals surface area contributed by atoms with E-state index in [1.807, 2.05) is 20.3 Å². The smallest absolute Gasteiger partial charge is 0.481 e. The van der Waals surface area contributed by atoms with Crippen LogP contribution in [0.3, 0.4) is 0 Å². The van der Waals surface area contributed by atoms with Gasteiger partial charge in [0.15, 0.2) is 0 Å². The van der Waals surface area contributed by atoms with Crippen LogP contribution in [0.4, 0.5) is 5.82 Å². The maximum Gasteiger partial charge on any atom is 1.00 e. The van der Waals surface area contributed by atoms with Crippen LogP contribution in [-0.4, -0.2) is 35.3 Å². The van der Waals surface area contributed by atoms with Crippen molar-refractivity contribution < 1.29 is 33.5 Å². The Balaban J connectivity index is 0. The van der Waals surface area contributed by atoms with E-state index >= 15 is 0 Å². The van der Waals surface area contributed by atoms with E-state index in [0.29, 0.717) is 12.5 Å². The molecule has 1 unspecified atom stereocenters. The largest absolute Gasteiger partial charge is 1.00 e. The summed E-state index contributed by atoms with van der Waals surface area (Å²) in [6, 6.07) is 4.98. The van der Waals surface area contributed by atoms with Crippen molar-refractivity contribution in [3.63, 3.8) is 0 Å². The predicted molar refractivity (Wildman–Crippen MR) is 122 cm³/mol. The van der Waals surface area contributed by atoms with Crippen LogP contribution in [0.25, 0.3) is 0 Å². The van der Waals surface area contributed by atoms with Crippen LogP contribution in [0.2, 0.25) is 0 Å². The average molecular weight is 413 g/mol. The Morgan fingerprint density at radius 3 is 2.57 bits per heavy atom. The number of carbonyl (C=O) groups is 1. The topological polar surface area (TPSA) is 71.5 Å². The number of hydrogen-bond donors (Lipinski definition) is 2. The molecule has 1 aromatic heterocycles. The van der Waals surface area contributed by atoms with Crippen LogP contribution in [0, 0.1) is 26.2 Å². The van der Waals surface area contributed by atoms with Gasteiger partial charge in [-0.15, -0.1) is 0 Å². The van der Waals surface area contributed by atoms with E-state index < -0.39 is 5.97 Å². The Hall–Kier alpha value is -1.02. The molecule has 1 aliphatic heterocycles. The van der Waals surface area contributed by atoms with Gasteiger partial charge in [0.05, 0.1) is 0 Å². The summed E-state index contributed by atoms with van der Waals surface area (Å²) in [4.78, 5) is 14.6. The van der Waals surface area contributed by atoms with Gasteiger partial charge < -0.3 is 35.4 Å². The zero-order chi connectivity index (χ0) is 22.1. The molecule has 6 heteroatoms. The predicted octanol–water partition coefficient (Wildman–Crippen LogP) is 2.56. The van der Waals surface area contributed by atoms with Crippen molar-refractivity contribution in [2.24, 2.45) is 5.92 Å². The van der Waals surface area contributed by atoms with Crippen LogP contribution in [0.15, 0.2) is 12.1 Å². The Bertz CT molecular complexity index is 551. The van der Waals surface area contributed by atoms with Crippen molar-refractivity contribution in [2.45, 2.75) is 78.7 Å². The third-order valence-electron chi connectivity index (χ3n) is 4.54. The summed E-state index contributed by atoms with van der Waals surface area (Å²) < 4.78 is 4.93. The zero-order valence-electron chi connectivity index (χ0n) is 19.9. The molecule has 0 saturated heterocycles. The van der Waals surface area contributed by atoms with E-state index in [4.69, 9.17) is 14.8 Å². The molecule has 1 aromatic rings. The molecule has 30 heavy (non-hydrogen) atoms. The number of rotatable bonds is 9. The Morgan fingerprint density at radius 2 is 2.10 bits per heavy atom. The third kappa shape index (κ3) is 14.9. The molecule has 0 radical (unpaired) electrons. The molecule has 168 valence electrons. The van der Waals surface area contributed by atoms with E-state index in [9.17, 15) is 4.79 Å². The average Bonchev–Trinajstić information content (AvgIpc) is 2.72. The third-order valence-corrected chi connectivity index (χ3v) is 4.54. The van der Waals surface area contributed by atoms with Gasteiger partial charge >= 0.3 is 24.8 Å². The van der Waals surface area contributed by atoms with E-state index in [-0.39, 0.29) is 24.8 Å². The molecule has 2 rings (SSSR count). The molecule has 0 amide bonds. The molecule has 2 N–H and O–H groups in total. The number of hydrogen-bond acceptors (Lipinski definition) is 4. The Labute approximate surface area is 197 Å². The van der Waals surface area contributed by atoms with Crippen molar-refractivity contribution >= 4 is 11.8 Å². The van der Waals surface area contributed by atoms with Crippen LogP contribution < -0.4 is 24.2 Å². The van der Waals surface area contributed by atoms with Crippen LogP contribution in [0.5, 0.6) is 0 Å². The van der Waals surface area contributed by atoms with Crippen molar-refractivity contribution in [1.82, 2.24) is 4.98 Å². The van der Waals surface area contributed by atoms with Gasteiger partial charge in [0.1, 0.15) is 5.82 Å². The fourth-order valence-corrected chi connectivity index (χ4v) is 2.51. The van der Waals surface area contributed by atoms with Gasteiger partial charge in [-0.3, -0.25) is 4.79 Å². The molecule has 0 aromatic carbocycles. The summed E-state index contributed by atoms with van der Waals surface area (Å²) in [5, 5.41) is 11.6. The quantitative estimate of drug-likeness (QED) is 0.371. The normalized spacial score (nSPS) is 15.1. The number of carboxylic acid groups (broad SMARTS) is 1. The summed E-state index contributed by atoms with van der Waals surface area (Å²) in [6.45, 7) is 16.7. The second-order valence-corrected chi connectivity index (χ2v) is 7.30. The number of fused-ring (bicyclic) bond motifs is 1. The number of unbranched alkanes of at least 4 members (excludes halogenated alkanes) is 2. The molecule has 0 bridgehead atoms. The van der Waals surface area contributed by atoms with Gasteiger partial charge in [-0.05, 0) is 44.7 Å². The fraction of sp³-hybridized carbons (Fsp3) is 0.625. The minimum atomic E-state index is -0.769. The summed E-state index contributed by atoms with van der Waals surface area (Å²) in [5.41, 5.74) is 2.59. The minimum Gasteiger partial charge on any atom is -0.481 e. The fourth-order valence-electron chi connectivity index (χ4n) is 2.51. The van der Waals surface area contributed by atoms with Crippen molar-refractivity contribution in [1.29, 1.82) is 0 Å². The standard InChI is InChI=1S/C14H21N2.C5H9O2.C5H11O.Li/c1-3-4-5-6-13-10-9-12-8-7-11(2)15-14(12)16-13;1-3-4(2)5(6)7;1-3-5-6-4-2;/h9-11H,1,3-8H2,2H3,(H,15,16);4H,1,3H2,2H3,(H,6,7);3H,4-5H2,1-2H3;/q3*-1;+1/t;4-;;/m.0../s1. The van der Waals surface area contributed by atoms with Crippen molar-refractivity contribution in [2.75, 3.05) is 18.5 Å². The number of nitrogens with zero attached hydrogens (tertiary/aromatic N) is 1. The molecular formula is C24H41LiN2O3-2. The number of nitrogens with one attached hydrogen (secondary N) is 1. The van der Waals surface area contributed by atoms with E-state index in [2.05, 4.69) is 38.2 Å². The molecule has 2 heterocycles. The molecule has 2 atom stereocenters. The molecule has 5 nitrogen and oxygen atoms in total. The Morgan fingerprint density at radius 1 is 1.40 bits per heavy atom. The van der Waals surface area contributed by atoms with Gasteiger partial charge in [0.25, 0.3) is 0 Å². The van der Waals surface area contributed by atoms with E-state index in [1.54, 1.807) is 6.92 Å². The SMILES string of the molecule is C[CH-]COCC.[CH2-]CCCCc1ccc2c(n1)NC(C)CC2.[CH2-]C[C@H](C)C(=O)O.[Li+]. The maximum atomic E-state index is 9.89. The molecule has 0 aliphatic carbocycles. The first-order valence-corrected chi connectivity index (χ1v) is 10.8. The van der Waals surface area contributed by atoms with Crippen LogP contribution in [-0.2, 0) is 22.4 Å². The first-order valence-electron chi connectivity index (χ1n) is 10.8. The summed E-state index contributed by atoms with van der Waals surface area (Å²) in [6.07, 6.45) is 9.34. The van der Waals surface area contributed by atoms with Gasteiger partial charge in [0, 0.05) is 24.3 Å². The number of ether oxygens (including phenoxy) is 1. The van der Waals surface area contributed by atoms with Gasteiger partial charge in [-0.1, -0.05) is 32.4 Å². The zero-order valence-corrected chi connectivity index (χ0v) is 19.9. The number of anilines is 1. The summed E-state index contributed by atoms with van der Waals surface area (Å²) in [7, 11) is 0. The number of carboxylic acids is 1. The van der Waals surface area contributed by atoms with Gasteiger partial charge in [-0.25, -0.2) is 4.98 Å². The molecule has 1 aliphatic rings. The van der Waals surface area contributed by atoms with Crippen molar-refractivity contribution in [3.8, 4) is 0 Å². The first-order chi connectivity index (χ1) is 13.9. The van der Waals surface area contributed by atoms with Crippen molar-refractivity contribution in [3.05, 3.63) is 43.7 Å².